The lowest BCUT2D eigenvalue weighted by molar-refractivity contribution is 0.1000. The zero-order chi connectivity index (χ0) is 12.3. The lowest BCUT2D eigenvalue weighted by Crippen LogP contribution is -2.28. The molecule has 1 aromatic carbocycles. The van der Waals surface area contributed by atoms with E-state index < -0.39 is 0 Å². The average Bonchev–Trinajstić information content (AvgIpc) is 2.73. The van der Waals surface area contributed by atoms with Crippen LogP contribution in [0.5, 0.6) is 0 Å². The smallest absolute Gasteiger partial charge is 0.248 e. The second-order valence-electron chi connectivity index (χ2n) is 4.72. The molecule has 0 heterocycles. The Hall–Kier alpha value is -1.39. The third kappa shape index (κ3) is 3.28. The summed E-state index contributed by atoms with van der Waals surface area (Å²) in [6.45, 7) is 0.762. The van der Waals surface area contributed by atoms with E-state index in [0.29, 0.717) is 17.6 Å². The molecule has 1 aliphatic carbocycles. The average molecular weight is 233 g/mol. The third-order valence-electron chi connectivity index (χ3n) is 3.28. The molecular formula is C13H19N3O. The van der Waals surface area contributed by atoms with Gasteiger partial charge in [0.1, 0.15) is 0 Å². The first-order valence-electron chi connectivity index (χ1n) is 6.03. The summed E-state index contributed by atoms with van der Waals surface area (Å²) < 4.78 is 0. The van der Waals surface area contributed by atoms with Gasteiger partial charge in [-0.1, -0.05) is 12.1 Å². The molecule has 1 amide bonds. The number of carbonyl (C=O) groups excluding carboxylic acids is 1. The first kappa shape index (κ1) is 12.1. The summed E-state index contributed by atoms with van der Waals surface area (Å²) in [4.78, 5) is 11.0. The number of nitrogens with one attached hydrogen (secondary N) is 1. The van der Waals surface area contributed by atoms with Crippen molar-refractivity contribution in [2.75, 3.05) is 0 Å². The van der Waals surface area contributed by atoms with Crippen LogP contribution in [-0.2, 0) is 6.54 Å². The third-order valence-corrected chi connectivity index (χ3v) is 3.28. The predicted octanol–water partition coefficient (Wildman–Crippen LogP) is 0.755. The van der Waals surface area contributed by atoms with Gasteiger partial charge >= 0.3 is 0 Å². The quantitative estimate of drug-likeness (QED) is 0.718. The van der Waals surface area contributed by atoms with Gasteiger partial charge < -0.3 is 16.8 Å². The highest BCUT2D eigenvalue weighted by molar-refractivity contribution is 5.92. The molecule has 1 aliphatic rings. The highest BCUT2D eigenvalue weighted by atomic mass is 16.1. The van der Waals surface area contributed by atoms with Crippen LogP contribution in [0.15, 0.2) is 24.3 Å². The highest BCUT2D eigenvalue weighted by Crippen LogP contribution is 2.17. The Bertz CT molecular complexity index is 405. The van der Waals surface area contributed by atoms with Crippen molar-refractivity contribution in [3.05, 3.63) is 35.4 Å². The molecule has 2 atom stereocenters. The van der Waals surface area contributed by atoms with Crippen molar-refractivity contribution >= 4 is 5.91 Å². The second kappa shape index (κ2) is 5.29. The maximum absolute atomic E-state index is 11.0. The fourth-order valence-corrected chi connectivity index (χ4v) is 2.30. The number of rotatable bonds is 4. The van der Waals surface area contributed by atoms with E-state index in [1.165, 1.54) is 0 Å². The minimum atomic E-state index is -0.380. The molecule has 1 aromatic rings. The van der Waals surface area contributed by atoms with E-state index in [1.807, 2.05) is 18.2 Å². The zero-order valence-corrected chi connectivity index (χ0v) is 9.86. The van der Waals surface area contributed by atoms with Crippen LogP contribution < -0.4 is 16.8 Å². The topological polar surface area (TPSA) is 81.1 Å². The van der Waals surface area contributed by atoms with Crippen LogP contribution in [0, 0.1) is 0 Å². The molecule has 2 rings (SSSR count). The molecule has 1 fully saturated rings. The predicted molar refractivity (Wildman–Crippen MR) is 67.4 cm³/mol. The molecule has 5 N–H and O–H groups in total. The Morgan fingerprint density at radius 3 is 2.88 bits per heavy atom. The summed E-state index contributed by atoms with van der Waals surface area (Å²) in [6, 6.07) is 8.26. The lowest BCUT2D eigenvalue weighted by atomic mass is 10.1. The van der Waals surface area contributed by atoms with Gasteiger partial charge in [-0.2, -0.15) is 0 Å². The van der Waals surface area contributed by atoms with E-state index in [1.54, 1.807) is 6.07 Å². The van der Waals surface area contributed by atoms with E-state index in [4.69, 9.17) is 11.5 Å². The molecular weight excluding hydrogens is 214 g/mol. The maximum atomic E-state index is 11.0. The number of amides is 1. The van der Waals surface area contributed by atoms with Crippen molar-refractivity contribution in [1.82, 2.24) is 5.32 Å². The fraction of sp³-hybridized carbons (Fsp3) is 0.462. The van der Waals surface area contributed by atoms with Crippen LogP contribution in [0.4, 0.5) is 0 Å². The molecule has 4 heteroatoms. The Labute approximate surface area is 101 Å². The van der Waals surface area contributed by atoms with Crippen molar-refractivity contribution in [1.29, 1.82) is 0 Å². The summed E-state index contributed by atoms with van der Waals surface area (Å²) >= 11 is 0. The van der Waals surface area contributed by atoms with Gasteiger partial charge in [0, 0.05) is 24.2 Å². The van der Waals surface area contributed by atoms with Crippen LogP contribution in [0.25, 0.3) is 0 Å². The molecule has 17 heavy (non-hydrogen) atoms. The van der Waals surface area contributed by atoms with Crippen LogP contribution in [0.3, 0.4) is 0 Å². The van der Waals surface area contributed by atoms with Gasteiger partial charge in [-0.25, -0.2) is 0 Å². The van der Waals surface area contributed by atoms with Crippen molar-refractivity contribution in [2.45, 2.75) is 37.9 Å². The summed E-state index contributed by atoms with van der Waals surface area (Å²) in [7, 11) is 0. The first-order valence-corrected chi connectivity index (χ1v) is 6.03. The monoisotopic (exact) mass is 233 g/mol. The van der Waals surface area contributed by atoms with Crippen LogP contribution >= 0.6 is 0 Å². The largest absolute Gasteiger partial charge is 0.366 e. The molecule has 0 bridgehead atoms. The minimum Gasteiger partial charge on any atom is -0.366 e. The number of hydrogen-bond donors (Lipinski definition) is 3. The SMILES string of the molecule is NC(=O)c1cccc(CNC2CCC(N)C2)c1. The Morgan fingerprint density at radius 2 is 2.24 bits per heavy atom. The van der Waals surface area contributed by atoms with Crippen LogP contribution in [0.1, 0.15) is 35.2 Å². The Kier molecular flexibility index (Phi) is 3.76. The standard InChI is InChI=1S/C13H19N3O/c14-11-4-5-12(7-11)16-8-9-2-1-3-10(6-9)13(15)17/h1-3,6,11-12,16H,4-5,7-8,14H2,(H2,15,17). The molecule has 92 valence electrons. The summed E-state index contributed by atoms with van der Waals surface area (Å²) in [5.41, 5.74) is 12.7. The summed E-state index contributed by atoms with van der Waals surface area (Å²) in [5.74, 6) is -0.380. The number of carbonyl (C=O) groups is 1. The normalized spacial score (nSPS) is 23.8. The second-order valence-corrected chi connectivity index (χ2v) is 4.72. The van der Waals surface area contributed by atoms with Crippen LogP contribution in [0.2, 0.25) is 0 Å². The number of nitrogens with two attached hydrogens (primary N) is 2. The molecule has 0 spiro atoms. The van der Waals surface area contributed by atoms with E-state index in [2.05, 4.69) is 5.32 Å². The molecule has 0 aromatic heterocycles. The molecule has 2 unspecified atom stereocenters. The lowest BCUT2D eigenvalue weighted by Gasteiger charge is -2.12. The first-order chi connectivity index (χ1) is 8.15. The van der Waals surface area contributed by atoms with E-state index in [0.717, 1.165) is 31.4 Å². The molecule has 0 radical (unpaired) electrons. The molecule has 0 saturated heterocycles. The minimum absolute atomic E-state index is 0.337. The van der Waals surface area contributed by atoms with Gasteiger partial charge in [0.15, 0.2) is 0 Å². The Balaban J connectivity index is 1.90. The van der Waals surface area contributed by atoms with Gasteiger partial charge in [0.05, 0.1) is 0 Å². The van der Waals surface area contributed by atoms with Crippen molar-refractivity contribution in [3.8, 4) is 0 Å². The van der Waals surface area contributed by atoms with Gasteiger partial charge in [-0.05, 0) is 37.0 Å². The zero-order valence-electron chi connectivity index (χ0n) is 9.86. The van der Waals surface area contributed by atoms with Gasteiger partial charge in [-0.15, -0.1) is 0 Å². The van der Waals surface area contributed by atoms with E-state index in [-0.39, 0.29) is 5.91 Å². The van der Waals surface area contributed by atoms with Gasteiger partial charge in [0.2, 0.25) is 5.91 Å². The number of primary amides is 1. The van der Waals surface area contributed by atoms with Crippen molar-refractivity contribution in [2.24, 2.45) is 11.5 Å². The van der Waals surface area contributed by atoms with Gasteiger partial charge in [0.25, 0.3) is 0 Å². The van der Waals surface area contributed by atoms with E-state index in [9.17, 15) is 4.79 Å². The van der Waals surface area contributed by atoms with Gasteiger partial charge in [-0.3, -0.25) is 4.79 Å². The summed E-state index contributed by atoms with van der Waals surface area (Å²) in [5, 5.41) is 3.46. The van der Waals surface area contributed by atoms with Crippen molar-refractivity contribution < 1.29 is 4.79 Å². The maximum Gasteiger partial charge on any atom is 0.248 e. The molecule has 1 saturated carbocycles. The molecule has 0 aliphatic heterocycles. The summed E-state index contributed by atoms with van der Waals surface area (Å²) in [6.07, 6.45) is 3.27. The number of hydrogen-bond acceptors (Lipinski definition) is 3. The van der Waals surface area contributed by atoms with Crippen molar-refractivity contribution in [3.63, 3.8) is 0 Å². The Morgan fingerprint density at radius 1 is 1.41 bits per heavy atom. The number of benzene rings is 1. The van der Waals surface area contributed by atoms with E-state index >= 15 is 0 Å². The molecule has 4 nitrogen and oxygen atoms in total. The fourth-order valence-electron chi connectivity index (χ4n) is 2.30. The highest BCUT2D eigenvalue weighted by Gasteiger charge is 2.20. The van der Waals surface area contributed by atoms with Crippen LogP contribution in [-0.4, -0.2) is 18.0 Å².